The van der Waals surface area contributed by atoms with Crippen molar-refractivity contribution in [2.75, 3.05) is 7.11 Å². The van der Waals surface area contributed by atoms with Crippen LogP contribution in [0.4, 0.5) is 0 Å². The fourth-order valence-corrected chi connectivity index (χ4v) is 5.50. The maximum atomic E-state index is 13.0. The maximum Gasteiger partial charge on any atom is 0.343 e. The minimum Gasteiger partial charge on any atom is -0.493 e. The van der Waals surface area contributed by atoms with Gasteiger partial charge in [0, 0.05) is 6.04 Å². The first-order chi connectivity index (χ1) is 15.5. The molecule has 1 aliphatic carbocycles. The zero-order valence-electron chi connectivity index (χ0n) is 18.1. The van der Waals surface area contributed by atoms with E-state index < -0.39 is 5.97 Å². The van der Waals surface area contributed by atoms with Crippen LogP contribution in [0.15, 0.2) is 47.4 Å². The molecule has 32 heavy (non-hydrogen) atoms. The van der Waals surface area contributed by atoms with Gasteiger partial charge in [-0.25, -0.2) is 4.79 Å². The van der Waals surface area contributed by atoms with Crippen LogP contribution in [0.25, 0.3) is 6.08 Å². The maximum absolute atomic E-state index is 13.0. The van der Waals surface area contributed by atoms with Gasteiger partial charge in [0.2, 0.25) is 0 Å². The molecule has 0 radical (unpaired) electrons. The van der Waals surface area contributed by atoms with Gasteiger partial charge >= 0.3 is 5.97 Å². The Hall–Kier alpha value is -2.64. The molecule has 0 bridgehead atoms. The van der Waals surface area contributed by atoms with E-state index in [1.54, 1.807) is 35.2 Å². The third kappa shape index (κ3) is 4.74. The first-order valence-electron chi connectivity index (χ1n) is 10.7. The Labute approximate surface area is 197 Å². The van der Waals surface area contributed by atoms with Crippen molar-refractivity contribution in [3.63, 3.8) is 0 Å². The fourth-order valence-electron chi connectivity index (χ4n) is 4.10. The smallest absolute Gasteiger partial charge is 0.343 e. The highest BCUT2D eigenvalue weighted by Gasteiger charge is 2.37. The summed E-state index contributed by atoms with van der Waals surface area (Å²) in [7, 11) is 1.52. The van der Waals surface area contributed by atoms with Gasteiger partial charge in [0.15, 0.2) is 11.5 Å². The molecule has 0 unspecified atom stereocenters. The summed E-state index contributed by atoms with van der Waals surface area (Å²) in [6.45, 7) is 1.86. The standard InChI is InChI=1S/C25H25NO4S2/c1-16-8-6-7-11-19(16)24(28)30-20-13-12-17(14-21(20)29-2)15-22-23(27)26(25(31)32-22)18-9-4-3-5-10-18/h6-8,11-15,18H,3-5,9-10H2,1-2H3. The fraction of sp³-hybridized carbons (Fsp3) is 0.320. The van der Waals surface area contributed by atoms with Gasteiger partial charge < -0.3 is 9.47 Å². The van der Waals surface area contributed by atoms with E-state index in [1.165, 1.54) is 25.3 Å². The minimum absolute atomic E-state index is 0.0269. The second kappa shape index (κ2) is 9.88. The molecule has 2 aliphatic rings. The molecule has 5 nitrogen and oxygen atoms in total. The minimum atomic E-state index is -0.442. The molecule has 166 valence electrons. The highest BCUT2D eigenvalue weighted by molar-refractivity contribution is 8.26. The van der Waals surface area contributed by atoms with Crippen molar-refractivity contribution in [2.24, 2.45) is 0 Å². The summed E-state index contributed by atoms with van der Waals surface area (Å²) in [4.78, 5) is 28.0. The van der Waals surface area contributed by atoms with E-state index in [-0.39, 0.29) is 11.9 Å². The van der Waals surface area contributed by atoms with Gasteiger partial charge in [-0.3, -0.25) is 9.69 Å². The van der Waals surface area contributed by atoms with Crippen molar-refractivity contribution in [2.45, 2.75) is 45.1 Å². The number of hydrogen-bond acceptors (Lipinski definition) is 6. The summed E-state index contributed by atoms with van der Waals surface area (Å²) < 4.78 is 11.7. The number of nitrogens with zero attached hydrogens (tertiary/aromatic N) is 1. The number of aryl methyl sites for hydroxylation is 1. The van der Waals surface area contributed by atoms with Crippen molar-refractivity contribution in [3.05, 3.63) is 64.1 Å². The second-order valence-corrected chi connectivity index (χ2v) is 9.63. The zero-order chi connectivity index (χ0) is 22.7. The molecule has 1 aliphatic heterocycles. The third-order valence-corrected chi connectivity index (χ3v) is 7.15. The van der Waals surface area contributed by atoms with Crippen molar-refractivity contribution >= 4 is 46.3 Å². The number of ether oxygens (including phenoxy) is 2. The van der Waals surface area contributed by atoms with Gasteiger partial charge in [0.05, 0.1) is 17.6 Å². The molecular formula is C25H25NO4S2. The predicted molar refractivity (Wildman–Crippen MR) is 131 cm³/mol. The molecule has 1 saturated carbocycles. The van der Waals surface area contributed by atoms with Crippen LogP contribution in [0.1, 0.15) is 53.6 Å². The first-order valence-corrected chi connectivity index (χ1v) is 11.9. The Morgan fingerprint density at radius 3 is 2.59 bits per heavy atom. The normalized spacial score (nSPS) is 18.3. The van der Waals surface area contributed by atoms with Crippen molar-refractivity contribution < 1.29 is 19.1 Å². The van der Waals surface area contributed by atoms with Gasteiger partial charge in [-0.05, 0) is 55.2 Å². The number of thioether (sulfide) groups is 1. The largest absolute Gasteiger partial charge is 0.493 e. The third-order valence-electron chi connectivity index (χ3n) is 5.82. The lowest BCUT2D eigenvalue weighted by atomic mass is 9.94. The molecule has 1 heterocycles. The molecular weight excluding hydrogens is 442 g/mol. The van der Waals surface area contributed by atoms with Gasteiger partial charge in [-0.1, -0.05) is 67.5 Å². The second-order valence-electron chi connectivity index (χ2n) is 7.96. The summed E-state index contributed by atoms with van der Waals surface area (Å²) in [6.07, 6.45) is 7.34. The molecule has 2 aromatic carbocycles. The van der Waals surface area contributed by atoms with Crippen LogP contribution in [-0.2, 0) is 4.79 Å². The van der Waals surface area contributed by atoms with Gasteiger partial charge in [0.1, 0.15) is 4.32 Å². The van der Waals surface area contributed by atoms with E-state index in [4.69, 9.17) is 21.7 Å². The van der Waals surface area contributed by atoms with Crippen LogP contribution >= 0.6 is 24.0 Å². The Morgan fingerprint density at radius 1 is 1.12 bits per heavy atom. The topological polar surface area (TPSA) is 55.8 Å². The molecule has 0 N–H and O–H groups in total. The number of amides is 1. The molecule has 0 aromatic heterocycles. The average Bonchev–Trinajstić information content (AvgIpc) is 3.08. The molecule has 1 amide bonds. The number of carbonyl (C=O) groups is 2. The molecule has 1 saturated heterocycles. The molecule has 4 rings (SSSR count). The van der Waals surface area contributed by atoms with E-state index in [9.17, 15) is 9.59 Å². The predicted octanol–water partition coefficient (Wildman–Crippen LogP) is 5.76. The molecule has 2 fully saturated rings. The van der Waals surface area contributed by atoms with Crippen molar-refractivity contribution in [1.82, 2.24) is 4.90 Å². The molecule has 2 aromatic rings. The summed E-state index contributed by atoms with van der Waals surface area (Å²) >= 11 is 6.85. The Kier molecular flexibility index (Phi) is 6.96. The Morgan fingerprint density at radius 2 is 1.88 bits per heavy atom. The van der Waals surface area contributed by atoms with Crippen LogP contribution < -0.4 is 9.47 Å². The van der Waals surface area contributed by atoms with E-state index in [1.807, 2.05) is 25.1 Å². The van der Waals surface area contributed by atoms with Gasteiger partial charge in [-0.2, -0.15) is 0 Å². The van der Waals surface area contributed by atoms with Crippen LogP contribution in [-0.4, -0.2) is 34.2 Å². The van der Waals surface area contributed by atoms with Gasteiger partial charge in [-0.15, -0.1) is 0 Å². The number of thiocarbonyl (C=S) groups is 1. The highest BCUT2D eigenvalue weighted by atomic mass is 32.2. The lowest BCUT2D eigenvalue weighted by molar-refractivity contribution is -0.124. The van der Waals surface area contributed by atoms with Crippen LogP contribution in [0.5, 0.6) is 11.5 Å². The van der Waals surface area contributed by atoms with Crippen LogP contribution in [0.2, 0.25) is 0 Å². The lowest BCUT2D eigenvalue weighted by Crippen LogP contribution is -2.39. The number of benzene rings is 2. The summed E-state index contributed by atoms with van der Waals surface area (Å²) in [6, 6.07) is 12.7. The number of carbonyl (C=O) groups excluding carboxylic acids is 2. The molecule has 0 atom stereocenters. The number of esters is 1. The van der Waals surface area contributed by atoms with E-state index in [2.05, 4.69) is 0 Å². The van der Waals surface area contributed by atoms with Gasteiger partial charge in [0.25, 0.3) is 5.91 Å². The Bertz CT molecular complexity index is 1090. The lowest BCUT2D eigenvalue weighted by Gasteiger charge is -2.29. The van der Waals surface area contributed by atoms with Crippen molar-refractivity contribution in [3.8, 4) is 11.5 Å². The number of methoxy groups -OCH3 is 1. The van der Waals surface area contributed by atoms with E-state index in [0.29, 0.717) is 26.3 Å². The van der Waals surface area contributed by atoms with E-state index in [0.717, 1.165) is 36.8 Å². The monoisotopic (exact) mass is 467 g/mol. The van der Waals surface area contributed by atoms with E-state index >= 15 is 0 Å². The molecule has 0 spiro atoms. The van der Waals surface area contributed by atoms with Crippen LogP contribution in [0.3, 0.4) is 0 Å². The summed E-state index contributed by atoms with van der Waals surface area (Å²) in [5.41, 5.74) is 2.12. The van der Waals surface area contributed by atoms with Crippen LogP contribution in [0, 0.1) is 6.92 Å². The zero-order valence-corrected chi connectivity index (χ0v) is 19.8. The average molecular weight is 468 g/mol. The van der Waals surface area contributed by atoms with Crippen molar-refractivity contribution in [1.29, 1.82) is 0 Å². The summed E-state index contributed by atoms with van der Waals surface area (Å²) in [5, 5.41) is 0. The SMILES string of the molecule is COc1cc(C=C2SC(=S)N(C3CCCCC3)C2=O)ccc1OC(=O)c1ccccc1C. The summed E-state index contributed by atoms with van der Waals surface area (Å²) in [5.74, 6) is 0.277. The Balaban J connectivity index is 1.53. The number of rotatable bonds is 5. The molecule has 7 heteroatoms. The number of hydrogen-bond donors (Lipinski definition) is 0. The highest BCUT2D eigenvalue weighted by Crippen LogP contribution is 2.38. The first kappa shape index (κ1) is 22.6. The quantitative estimate of drug-likeness (QED) is 0.241.